The molecule has 0 atom stereocenters. The molecule has 1 aromatic heterocycles. The van der Waals surface area contributed by atoms with E-state index in [0.717, 1.165) is 18.2 Å². The molecule has 0 fully saturated rings. The molecule has 1 N–H and O–H groups in total. The van der Waals surface area contributed by atoms with Crippen molar-refractivity contribution >= 4 is 5.91 Å². The van der Waals surface area contributed by atoms with Crippen molar-refractivity contribution in [3.05, 3.63) is 47.2 Å². The maximum absolute atomic E-state index is 13.9. The van der Waals surface area contributed by atoms with Crippen LogP contribution in [-0.4, -0.2) is 29.3 Å². The summed E-state index contributed by atoms with van der Waals surface area (Å²) in [7, 11) is 1.31. The third kappa shape index (κ3) is 5.54. The molecule has 0 aliphatic heterocycles. The molecule has 0 aliphatic carbocycles. The van der Waals surface area contributed by atoms with Crippen LogP contribution in [0.15, 0.2) is 24.4 Å². The first-order valence-electron chi connectivity index (χ1n) is 8.14. The van der Waals surface area contributed by atoms with Crippen LogP contribution in [0.25, 0.3) is 0 Å². The smallest absolute Gasteiger partial charge is 0.479 e. The molecule has 0 saturated carbocycles. The van der Waals surface area contributed by atoms with E-state index in [1.54, 1.807) is 0 Å². The number of aromatic nitrogens is 2. The Morgan fingerprint density at radius 3 is 2.46 bits per heavy atom. The summed E-state index contributed by atoms with van der Waals surface area (Å²) >= 11 is 0. The van der Waals surface area contributed by atoms with Crippen molar-refractivity contribution < 1.29 is 31.8 Å². The molecule has 1 heterocycles. The van der Waals surface area contributed by atoms with Gasteiger partial charge in [-0.05, 0) is 18.2 Å². The number of halogens is 4. The first-order valence-corrected chi connectivity index (χ1v) is 8.14. The van der Waals surface area contributed by atoms with Crippen molar-refractivity contribution in [3.8, 4) is 11.6 Å². The summed E-state index contributed by atoms with van der Waals surface area (Å²) in [4.78, 5) is 20.8. The number of benzene rings is 1. The lowest BCUT2D eigenvalue weighted by Gasteiger charge is -2.18. The number of methoxy groups -OCH3 is 1. The Kier molecular flexibility index (Phi) is 6.10. The van der Waals surface area contributed by atoms with Gasteiger partial charge in [-0.2, -0.15) is 0 Å². The number of hydrogen-bond donors (Lipinski definition) is 1. The highest BCUT2D eigenvalue weighted by atomic mass is 19.4. The number of rotatable bonds is 5. The van der Waals surface area contributed by atoms with E-state index in [1.807, 2.05) is 20.8 Å². The lowest BCUT2D eigenvalue weighted by molar-refractivity contribution is -0.274. The average molecular weight is 401 g/mol. The molecule has 1 amide bonds. The van der Waals surface area contributed by atoms with Crippen molar-refractivity contribution in [1.82, 2.24) is 15.3 Å². The monoisotopic (exact) mass is 401 g/mol. The van der Waals surface area contributed by atoms with Crippen LogP contribution in [0.3, 0.4) is 0 Å². The van der Waals surface area contributed by atoms with Crippen LogP contribution in [0.2, 0.25) is 0 Å². The summed E-state index contributed by atoms with van der Waals surface area (Å²) in [6.07, 6.45) is -3.43. The molecule has 2 aromatic rings. The molecule has 2 rings (SSSR count). The first kappa shape index (κ1) is 21.4. The molecule has 152 valence electrons. The van der Waals surface area contributed by atoms with Crippen LogP contribution in [-0.2, 0) is 12.0 Å². The lowest BCUT2D eigenvalue weighted by Crippen LogP contribution is -2.27. The molecular formula is C18H19F4N3O3. The van der Waals surface area contributed by atoms with Crippen molar-refractivity contribution in [2.45, 2.75) is 39.1 Å². The second-order valence-electron chi connectivity index (χ2n) is 6.85. The minimum Gasteiger partial charge on any atom is -0.479 e. The van der Waals surface area contributed by atoms with Gasteiger partial charge in [0.25, 0.3) is 5.91 Å². The van der Waals surface area contributed by atoms with E-state index in [-0.39, 0.29) is 29.1 Å². The number of alkyl halides is 3. The summed E-state index contributed by atoms with van der Waals surface area (Å²) < 4.78 is 59.6. The zero-order valence-corrected chi connectivity index (χ0v) is 15.6. The van der Waals surface area contributed by atoms with Gasteiger partial charge in [-0.1, -0.05) is 20.8 Å². The largest absolute Gasteiger partial charge is 0.573 e. The van der Waals surface area contributed by atoms with Gasteiger partial charge in [0.15, 0.2) is 5.69 Å². The number of carbonyl (C=O) groups is 1. The van der Waals surface area contributed by atoms with E-state index in [4.69, 9.17) is 4.74 Å². The Bertz CT molecular complexity index is 864. The minimum absolute atomic E-state index is 0.0277. The van der Waals surface area contributed by atoms with Gasteiger partial charge in [-0.3, -0.25) is 4.79 Å². The zero-order chi connectivity index (χ0) is 21.1. The highest BCUT2D eigenvalue weighted by Gasteiger charge is 2.31. The van der Waals surface area contributed by atoms with Crippen molar-refractivity contribution in [3.63, 3.8) is 0 Å². The summed E-state index contributed by atoms with van der Waals surface area (Å²) in [5, 5.41) is 2.40. The van der Waals surface area contributed by atoms with E-state index in [1.165, 1.54) is 13.3 Å². The topological polar surface area (TPSA) is 73.3 Å². The van der Waals surface area contributed by atoms with E-state index < -0.39 is 23.8 Å². The fourth-order valence-electron chi connectivity index (χ4n) is 2.18. The highest BCUT2D eigenvalue weighted by Crippen LogP contribution is 2.25. The van der Waals surface area contributed by atoms with E-state index in [0.29, 0.717) is 5.69 Å². The summed E-state index contributed by atoms with van der Waals surface area (Å²) in [6, 6.07) is 2.52. The van der Waals surface area contributed by atoms with Crippen molar-refractivity contribution in [1.29, 1.82) is 0 Å². The second-order valence-corrected chi connectivity index (χ2v) is 6.85. The molecule has 6 nitrogen and oxygen atoms in total. The van der Waals surface area contributed by atoms with E-state index >= 15 is 0 Å². The predicted molar refractivity (Wildman–Crippen MR) is 91.5 cm³/mol. The number of hydrogen-bond acceptors (Lipinski definition) is 5. The number of carbonyl (C=O) groups excluding carboxylic acids is 1. The Morgan fingerprint density at radius 2 is 1.89 bits per heavy atom. The summed E-state index contributed by atoms with van der Waals surface area (Å²) in [5.41, 5.74) is -0.152. The quantitative estimate of drug-likeness (QED) is 0.773. The third-order valence-corrected chi connectivity index (χ3v) is 3.61. The minimum atomic E-state index is -4.91. The van der Waals surface area contributed by atoms with E-state index in [2.05, 4.69) is 20.0 Å². The van der Waals surface area contributed by atoms with Crippen LogP contribution in [0.4, 0.5) is 17.6 Å². The molecule has 28 heavy (non-hydrogen) atoms. The van der Waals surface area contributed by atoms with Gasteiger partial charge in [0, 0.05) is 17.5 Å². The fourth-order valence-corrected chi connectivity index (χ4v) is 2.18. The van der Waals surface area contributed by atoms with Crippen molar-refractivity contribution in [2.75, 3.05) is 7.11 Å². The van der Waals surface area contributed by atoms with Gasteiger partial charge in [0.05, 0.1) is 19.0 Å². The zero-order valence-electron chi connectivity index (χ0n) is 15.6. The van der Waals surface area contributed by atoms with Crippen LogP contribution in [0.5, 0.6) is 11.6 Å². The SMILES string of the molecule is COc1ncc(C(C)(C)C)nc1C(=O)NCc1cc(OC(F)(F)F)ccc1F. The highest BCUT2D eigenvalue weighted by molar-refractivity contribution is 5.94. The van der Waals surface area contributed by atoms with Crippen LogP contribution in [0, 0.1) is 5.82 Å². The molecule has 1 aromatic carbocycles. The van der Waals surface area contributed by atoms with Gasteiger partial charge in [0.2, 0.25) is 5.88 Å². The number of ether oxygens (including phenoxy) is 2. The number of amides is 1. The average Bonchev–Trinajstić information content (AvgIpc) is 2.59. The van der Waals surface area contributed by atoms with Gasteiger partial charge in [0.1, 0.15) is 11.6 Å². The molecule has 0 bridgehead atoms. The van der Waals surface area contributed by atoms with Crippen LogP contribution < -0.4 is 14.8 Å². The Hall–Kier alpha value is -2.91. The third-order valence-electron chi connectivity index (χ3n) is 3.61. The normalized spacial score (nSPS) is 11.9. The second kappa shape index (κ2) is 7.99. The molecule has 0 aliphatic rings. The van der Waals surface area contributed by atoms with Crippen molar-refractivity contribution in [2.24, 2.45) is 0 Å². The number of nitrogens with zero attached hydrogens (tertiary/aromatic N) is 2. The van der Waals surface area contributed by atoms with Crippen LogP contribution >= 0.6 is 0 Å². The predicted octanol–water partition coefficient (Wildman–Crippen LogP) is 3.75. The maximum atomic E-state index is 13.9. The van der Waals surface area contributed by atoms with Gasteiger partial charge in [-0.15, -0.1) is 13.2 Å². The van der Waals surface area contributed by atoms with Gasteiger partial charge in [-0.25, -0.2) is 14.4 Å². The summed E-state index contributed by atoms with van der Waals surface area (Å²) in [6.45, 7) is 5.26. The molecule has 10 heteroatoms. The standard InChI is InChI=1S/C18H19F4N3O3/c1-17(2,3)13-9-24-16(27-4)14(25-13)15(26)23-8-10-7-11(5-6-12(10)19)28-18(20,21)22/h5-7,9H,8H2,1-4H3,(H,23,26). The Morgan fingerprint density at radius 1 is 1.21 bits per heavy atom. The fraction of sp³-hybridized carbons (Fsp3) is 0.389. The van der Waals surface area contributed by atoms with Gasteiger partial charge < -0.3 is 14.8 Å². The Labute approximate surface area is 158 Å². The Balaban J connectivity index is 2.21. The van der Waals surface area contributed by atoms with Gasteiger partial charge >= 0.3 is 6.36 Å². The lowest BCUT2D eigenvalue weighted by atomic mass is 9.92. The number of nitrogens with one attached hydrogen (secondary N) is 1. The molecule has 0 saturated heterocycles. The molecule has 0 unspecified atom stereocenters. The maximum Gasteiger partial charge on any atom is 0.573 e. The van der Waals surface area contributed by atoms with E-state index in [9.17, 15) is 22.4 Å². The molecule has 0 spiro atoms. The molecule has 0 radical (unpaired) electrons. The molecular weight excluding hydrogens is 382 g/mol. The summed E-state index contributed by atoms with van der Waals surface area (Å²) in [5.74, 6) is -2.13. The first-order chi connectivity index (χ1) is 12.9. The van der Waals surface area contributed by atoms with Crippen LogP contribution in [0.1, 0.15) is 42.5 Å².